The first-order valence-corrected chi connectivity index (χ1v) is 6.29. The number of rotatable bonds is 7. The summed E-state index contributed by atoms with van der Waals surface area (Å²) in [5.41, 5.74) is 6.65. The van der Waals surface area contributed by atoms with Gasteiger partial charge in [0.05, 0.1) is 19.1 Å². The van der Waals surface area contributed by atoms with Crippen LogP contribution in [0.4, 0.5) is 0 Å². The Bertz CT molecular complexity index is 379. The highest BCUT2D eigenvalue weighted by atomic mass is 16.5. The Balaban J connectivity index is 2.69. The summed E-state index contributed by atoms with van der Waals surface area (Å²) in [5.74, 6) is 0.290. The molecule has 0 bridgehead atoms. The number of esters is 1. The van der Waals surface area contributed by atoms with E-state index in [-0.39, 0.29) is 18.4 Å². The standard InChI is InChI=1S/C14H21NO3/c1-3-17-13-7-5-6-11(9-13)8-12(10-15)14(16)18-4-2/h5-7,9,12H,3-4,8,10,15H2,1-2H3. The van der Waals surface area contributed by atoms with Crippen LogP contribution < -0.4 is 10.5 Å². The van der Waals surface area contributed by atoms with E-state index in [0.29, 0.717) is 19.6 Å². The first-order valence-electron chi connectivity index (χ1n) is 6.29. The second-order valence-corrected chi connectivity index (χ2v) is 3.97. The molecule has 1 aromatic rings. The minimum atomic E-state index is -0.290. The van der Waals surface area contributed by atoms with Gasteiger partial charge in [-0.3, -0.25) is 4.79 Å². The van der Waals surface area contributed by atoms with Gasteiger partial charge in [0, 0.05) is 6.54 Å². The van der Waals surface area contributed by atoms with Gasteiger partial charge < -0.3 is 15.2 Å². The SMILES string of the molecule is CCOC(=O)C(CN)Cc1cccc(OCC)c1. The largest absolute Gasteiger partial charge is 0.494 e. The lowest BCUT2D eigenvalue weighted by Gasteiger charge is -2.14. The average Bonchev–Trinajstić information content (AvgIpc) is 2.37. The highest BCUT2D eigenvalue weighted by Gasteiger charge is 2.18. The summed E-state index contributed by atoms with van der Waals surface area (Å²) in [6.07, 6.45) is 0.580. The van der Waals surface area contributed by atoms with Crippen LogP contribution >= 0.6 is 0 Å². The van der Waals surface area contributed by atoms with Crippen LogP contribution in [0.2, 0.25) is 0 Å². The molecule has 4 heteroatoms. The molecule has 0 heterocycles. The maximum atomic E-state index is 11.7. The van der Waals surface area contributed by atoms with Crippen LogP contribution in [0.15, 0.2) is 24.3 Å². The van der Waals surface area contributed by atoms with Crippen LogP contribution in [0.5, 0.6) is 5.75 Å². The number of benzene rings is 1. The van der Waals surface area contributed by atoms with E-state index >= 15 is 0 Å². The summed E-state index contributed by atoms with van der Waals surface area (Å²) >= 11 is 0. The maximum absolute atomic E-state index is 11.7. The fourth-order valence-corrected chi connectivity index (χ4v) is 1.74. The summed E-state index contributed by atoms with van der Waals surface area (Å²) in [4.78, 5) is 11.7. The van der Waals surface area contributed by atoms with Crippen LogP contribution in [-0.2, 0) is 16.0 Å². The minimum Gasteiger partial charge on any atom is -0.494 e. The predicted octanol–water partition coefficient (Wildman–Crippen LogP) is 1.77. The van der Waals surface area contributed by atoms with Crippen molar-refractivity contribution in [3.63, 3.8) is 0 Å². The molecule has 100 valence electrons. The summed E-state index contributed by atoms with van der Waals surface area (Å²) in [5, 5.41) is 0. The van der Waals surface area contributed by atoms with E-state index in [2.05, 4.69) is 0 Å². The van der Waals surface area contributed by atoms with Crippen molar-refractivity contribution < 1.29 is 14.3 Å². The van der Waals surface area contributed by atoms with E-state index in [1.807, 2.05) is 31.2 Å². The van der Waals surface area contributed by atoms with Crippen molar-refractivity contribution >= 4 is 5.97 Å². The van der Waals surface area contributed by atoms with E-state index in [9.17, 15) is 4.79 Å². The number of carbonyl (C=O) groups excluding carboxylic acids is 1. The Morgan fingerprint density at radius 1 is 1.33 bits per heavy atom. The van der Waals surface area contributed by atoms with Gasteiger partial charge in [-0.1, -0.05) is 12.1 Å². The molecule has 4 nitrogen and oxygen atoms in total. The van der Waals surface area contributed by atoms with Crippen LogP contribution in [0.25, 0.3) is 0 Å². The lowest BCUT2D eigenvalue weighted by molar-refractivity contribution is -0.147. The van der Waals surface area contributed by atoms with Gasteiger partial charge in [-0.15, -0.1) is 0 Å². The molecule has 0 radical (unpaired) electrons. The van der Waals surface area contributed by atoms with E-state index in [4.69, 9.17) is 15.2 Å². The predicted molar refractivity (Wildman–Crippen MR) is 70.5 cm³/mol. The molecule has 0 aliphatic heterocycles. The molecule has 0 aliphatic rings. The zero-order valence-electron chi connectivity index (χ0n) is 11.0. The Morgan fingerprint density at radius 3 is 2.72 bits per heavy atom. The van der Waals surface area contributed by atoms with E-state index in [1.54, 1.807) is 6.92 Å². The third-order valence-electron chi connectivity index (χ3n) is 2.60. The Morgan fingerprint density at radius 2 is 2.11 bits per heavy atom. The maximum Gasteiger partial charge on any atom is 0.310 e. The molecule has 0 saturated carbocycles. The molecule has 0 aromatic heterocycles. The van der Waals surface area contributed by atoms with Crippen molar-refractivity contribution in [3.8, 4) is 5.75 Å². The van der Waals surface area contributed by atoms with Crippen molar-refractivity contribution in [1.82, 2.24) is 0 Å². The van der Waals surface area contributed by atoms with E-state index in [0.717, 1.165) is 11.3 Å². The van der Waals surface area contributed by atoms with Crippen molar-refractivity contribution in [2.75, 3.05) is 19.8 Å². The number of hydrogen-bond donors (Lipinski definition) is 1. The number of ether oxygens (including phenoxy) is 2. The summed E-state index contributed by atoms with van der Waals surface area (Å²) in [6.45, 7) is 5.03. The highest BCUT2D eigenvalue weighted by Crippen LogP contribution is 2.17. The fourth-order valence-electron chi connectivity index (χ4n) is 1.74. The van der Waals surface area contributed by atoms with Gasteiger partial charge in [-0.05, 0) is 38.0 Å². The quantitative estimate of drug-likeness (QED) is 0.750. The molecule has 0 amide bonds. The molecule has 0 fully saturated rings. The molecule has 2 N–H and O–H groups in total. The minimum absolute atomic E-state index is 0.234. The molecule has 0 spiro atoms. The fraction of sp³-hybridized carbons (Fsp3) is 0.500. The van der Waals surface area contributed by atoms with Gasteiger partial charge in [0.25, 0.3) is 0 Å². The molecular formula is C14H21NO3. The molecule has 1 atom stereocenters. The third kappa shape index (κ3) is 4.37. The molecular weight excluding hydrogens is 230 g/mol. The lowest BCUT2D eigenvalue weighted by Crippen LogP contribution is -2.27. The van der Waals surface area contributed by atoms with Crippen molar-refractivity contribution in [2.24, 2.45) is 11.7 Å². The van der Waals surface area contributed by atoms with Crippen molar-refractivity contribution in [1.29, 1.82) is 0 Å². The molecule has 1 unspecified atom stereocenters. The lowest BCUT2D eigenvalue weighted by atomic mass is 9.99. The second-order valence-electron chi connectivity index (χ2n) is 3.97. The molecule has 0 aliphatic carbocycles. The molecule has 1 aromatic carbocycles. The molecule has 0 saturated heterocycles. The molecule has 1 rings (SSSR count). The Kier molecular flexibility index (Phi) is 6.22. The Labute approximate surface area is 108 Å². The number of carbonyl (C=O) groups is 1. The van der Waals surface area contributed by atoms with Gasteiger partial charge in [0.15, 0.2) is 0 Å². The van der Waals surface area contributed by atoms with Gasteiger partial charge in [-0.25, -0.2) is 0 Å². The topological polar surface area (TPSA) is 61.5 Å². The second kappa shape index (κ2) is 7.71. The Hall–Kier alpha value is -1.55. The highest BCUT2D eigenvalue weighted by molar-refractivity contribution is 5.73. The van der Waals surface area contributed by atoms with E-state index < -0.39 is 0 Å². The normalized spacial score (nSPS) is 11.9. The number of nitrogens with two attached hydrogens (primary N) is 1. The van der Waals surface area contributed by atoms with Crippen LogP contribution in [-0.4, -0.2) is 25.7 Å². The van der Waals surface area contributed by atoms with E-state index in [1.165, 1.54) is 0 Å². The van der Waals surface area contributed by atoms with Crippen LogP contribution in [0.1, 0.15) is 19.4 Å². The van der Waals surface area contributed by atoms with Crippen molar-refractivity contribution in [3.05, 3.63) is 29.8 Å². The van der Waals surface area contributed by atoms with Gasteiger partial charge in [-0.2, -0.15) is 0 Å². The summed E-state index contributed by atoms with van der Waals surface area (Å²) in [6, 6.07) is 7.71. The zero-order chi connectivity index (χ0) is 13.4. The first-order chi connectivity index (χ1) is 8.71. The smallest absolute Gasteiger partial charge is 0.310 e. The summed E-state index contributed by atoms with van der Waals surface area (Å²) < 4.78 is 10.4. The van der Waals surface area contributed by atoms with Gasteiger partial charge >= 0.3 is 5.97 Å². The summed E-state index contributed by atoms with van der Waals surface area (Å²) in [7, 11) is 0. The third-order valence-corrected chi connectivity index (χ3v) is 2.60. The average molecular weight is 251 g/mol. The molecule has 18 heavy (non-hydrogen) atoms. The van der Waals surface area contributed by atoms with Gasteiger partial charge in [0.2, 0.25) is 0 Å². The first kappa shape index (κ1) is 14.5. The monoisotopic (exact) mass is 251 g/mol. The zero-order valence-corrected chi connectivity index (χ0v) is 11.0. The van der Waals surface area contributed by atoms with Crippen molar-refractivity contribution in [2.45, 2.75) is 20.3 Å². The number of hydrogen-bond acceptors (Lipinski definition) is 4. The van der Waals surface area contributed by atoms with Gasteiger partial charge in [0.1, 0.15) is 5.75 Å². The van der Waals surface area contributed by atoms with Crippen LogP contribution in [0.3, 0.4) is 0 Å². The van der Waals surface area contributed by atoms with Crippen LogP contribution in [0, 0.1) is 5.92 Å².